The molecule has 0 bridgehead atoms. The normalized spacial score (nSPS) is 14.7. The second-order valence-corrected chi connectivity index (χ2v) is 9.51. The van der Waals surface area contributed by atoms with Crippen LogP contribution in [0.25, 0.3) is 32.2 Å². The number of anilines is 2. The Bertz CT molecular complexity index is 1400. The van der Waals surface area contributed by atoms with Crippen molar-refractivity contribution in [2.45, 2.75) is 25.8 Å². The van der Waals surface area contributed by atoms with Crippen LogP contribution in [0.1, 0.15) is 25.0 Å². The van der Waals surface area contributed by atoms with Crippen LogP contribution >= 0.6 is 11.3 Å². The summed E-state index contributed by atoms with van der Waals surface area (Å²) in [6.07, 6.45) is 7.81. The van der Waals surface area contributed by atoms with Gasteiger partial charge in [-0.15, -0.1) is 11.3 Å². The van der Waals surface area contributed by atoms with Crippen LogP contribution in [0.15, 0.2) is 72.5 Å². The van der Waals surface area contributed by atoms with Gasteiger partial charge in [-0.3, -0.25) is 14.9 Å². The van der Waals surface area contributed by atoms with Crippen LogP contribution in [0.3, 0.4) is 0 Å². The Morgan fingerprint density at radius 3 is 2.61 bits per heavy atom. The third-order valence-electron chi connectivity index (χ3n) is 6.34. The van der Waals surface area contributed by atoms with Gasteiger partial charge in [0.15, 0.2) is 0 Å². The summed E-state index contributed by atoms with van der Waals surface area (Å²) in [4.78, 5) is 16.3. The number of pyridine rings is 2. The summed E-state index contributed by atoms with van der Waals surface area (Å²) in [5.74, 6) is 0. The third kappa shape index (κ3) is 4.32. The third-order valence-corrected chi connectivity index (χ3v) is 7.15. The first kappa shape index (κ1) is 20.3. The van der Waals surface area contributed by atoms with Crippen molar-refractivity contribution in [3.05, 3.63) is 78.2 Å². The van der Waals surface area contributed by atoms with Gasteiger partial charge in [0.05, 0.1) is 26.9 Å². The topological polar surface area (TPSA) is 53.9 Å². The highest BCUT2D eigenvalue weighted by Gasteiger charge is 2.12. The Morgan fingerprint density at radius 1 is 0.818 bits per heavy atom. The lowest BCUT2D eigenvalue weighted by Gasteiger charge is -2.25. The molecule has 0 saturated carbocycles. The number of hydrogen-bond acceptors (Lipinski definition) is 6. The van der Waals surface area contributed by atoms with Gasteiger partial charge in [-0.1, -0.05) is 18.6 Å². The molecule has 0 aliphatic carbocycles. The van der Waals surface area contributed by atoms with Crippen LogP contribution < -0.4 is 5.32 Å². The van der Waals surface area contributed by atoms with Gasteiger partial charge >= 0.3 is 0 Å². The first-order valence-corrected chi connectivity index (χ1v) is 12.4. The Morgan fingerprint density at radius 2 is 1.73 bits per heavy atom. The maximum absolute atomic E-state index is 4.76. The van der Waals surface area contributed by atoms with Crippen molar-refractivity contribution < 1.29 is 0 Å². The van der Waals surface area contributed by atoms with E-state index < -0.39 is 0 Å². The zero-order chi connectivity index (χ0) is 22.0. The molecule has 4 heterocycles. The van der Waals surface area contributed by atoms with Crippen molar-refractivity contribution >= 4 is 43.8 Å². The number of nitrogens with zero attached hydrogens (tertiary/aromatic N) is 4. The summed E-state index contributed by atoms with van der Waals surface area (Å²) in [6, 6.07) is 19.1. The fourth-order valence-electron chi connectivity index (χ4n) is 4.56. The Balaban J connectivity index is 1.28. The van der Waals surface area contributed by atoms with E-state index in [1.54, 1.807) is 11.3 Å². The molecule has 6 heteroatoms. The van der Waals surface area contributed by atoms with Gasteiger partial charge in [-0.2, -0.15) is 0 Å². The number of fused-ring (bicyclic) bond motifs is 2. The standard InChI is InChI=1S/C27H25N5S/c1-2-12-32(13-3-1)17-22-6-4-20(16-29-22)19-5-8-24-23(14-19)25(10-11-28-24)31-21-7-9-27-26(15-21)30-18-33-27/h4-11,14-16,18H,1-3,12-13,17H2,(H,28,31). The number of likely N-dealkylation sites (tertiary alicyclic amines) is 1. The summed E-state index contributed by atoms with van der Waals surface area (Å²) in [7, 11) is 0. The lowest BCUT2D eigenvalue weighted by atomic mass is 10.0. The molecule has 164 valence electrons. The lowest BCUT2D eigenvalue weighted by Crippen LogP contribution is -2.29. The van der Waals surface area contributed by atoms with E-state index in [2.05, 4.69) is 68.7 Å². The van der Waals surface area contributed by atoms with Crippen LogP contribution in [0.2, 0.25) is 0 Å². The second-order valence-electron chi connectivity index (χ2n) is 8.63. The van der Waals surface area contributed by atoms with Crippen molar-refractivity contribution in [1.29, 1.82) is 0 Å². The number of benzene rings is 2. The maximum atomic E-state index is 4.76. The van der Waals surface area contributed by atoms with Gasteiger partial charge in [0.1, 0.15) is 0 Å². The molecule has 1 fully saturated rings. The zero-order valence-electron chi connectivity index (χ0n) is 18.4. The lowest BCUT2D eigenvalue weighted by molar-refractivity contribution is 0.218. The SMILES string of the molecule is c1cc(Nc2ccc3scnc3c2)c2cc(-c3ccc(CN4CCCCC4)nc3)ccc2n1. The molecule has 2 aromatic carbocycles. The predicted octanol–water partition coefficient (Wildman–Crippen LogP) is 6.64. The van der Waals surface area contributed by atoms with E-state index >= 15 is 0 Å². The minimum absolute atomic E-state index is 0.944. The van der Waals surface area contributed by atoms with Gasteiger partial charge in [0, 0.05) is 41.3 Å². The molecule has 1 N–H and O–H groups in total. The summed E-state index contributed by atoms with van der Waals surface area (Å²) >= 11 is 1.66. The molecule has 1 aliphatic rings. The molecule has 5 aromatic rings. The van der Waals surface area contributed by atoms with Crippen molar-refractivity contribution in [2.75, 3.05) is 18.4 Å². The molecular weight excluding hydrogens is 426 g/mol. The van der Waals surface area contributed by atoms with E-state index in [1.807, 2.05) is 24.0 Å². The van der Waals surface area contributed by atoms with E-state index in [4.69, 9.17) is 4.98 Å². The van der Waals surface area contributed by atoms with Gasteiger partial charge < -0.3 is 5.32 Å². The molecule has 6 rings (SSSR count). The van der Waals surface area contributed by atoms with Gasteiger partial charge in [-0.25, -0.2) is 4.98 Å². The molecule has 0 amide bonds. The summed E-state index contributed by atoms with van der Waals surface area (Å²) in [6.45, 7) is 3.32. The summed E-state index contributed by atoms with van der Waals surface area (Å²) in [5, 5.41) is 4.65. The van der Waals surface area contributed by atoms with Crippen molar-refractivity contribution in [3.8, 4) is 11.1 Å². The largest absolute Gasteiger partial charge is 0.355 e. The van der Waals surface area contributed by atoms with Crippen LogP contribution in [0.5, 0.6) is 0 Å². The van der Waals surface area contributed by atoms with Crippen molar-refractivity contribution in [3.63, 3.8) is 0 Å². The van der Waals surface area contributed by atoms with E-state index in [1.165, 1.54) is 37.1 Å². The highest BCUT2D eigenvalue weighted by atomic mass is 32.1. The summed E-state index contributed by atoms with van der Waals surface area (Å²) in [5.41, 5.74) is 9.33. The van der Waals surface area contributed by atoms with E-state index in [-0.39, 0.29) is 0 Å². The number of piperidine rings is 1. The van der Waals surface area contributed by atoms with Gasteiger partial charge in [-0.05, 0) is 74.0 Å². The number of hydrogen-bond donors (Lipinski definition) is 1. The molecule has 0 unspecified atom stereocenters. The molecule has 3 aromatic heterocycles. The highest BCUT2D eigenvalue weighted by Crippen LogP contribution is 2.31. The van der Waals surface area contributed by atoms with Crippen LogP contribution in [-0.4, -0.2) is 32.9 Å². The smallest absolute Gasteiger partial charge is 0.0832 e. The fraction of sp³-hybridized carbons (Fsp3) is 0.222. The minimum atomic E-state index is 0.944. The Hall–Kier alpha value is -3.35. The van der Waals surface area contributed by atoms with Crippen LogP contribution in [-0.2, 0) is 6.54 Å². The Labute approximate surface area is 197 Å². The van der Waals surface area contributed by atoms with Crippen LogP contribution in [0, 0.1) is 0 Å². The van der Waals surface area contributed by atoms with Gasteiger partial charge in [0.2, 0.25) is 0 Å². The molecule has 33 heavy (non-hydrogen) atoms. The molecule has 1 saturated heterocycles. The number of nitrogens with one attached hydrogen (secondary N) is 1. The number of thiazole rings is 1. The fourth-order valence-corrected chi connectivity index (χ4v) is 5.22. The zero-order valence-corrected chi connectivity index (χ0v) is 19.2. The maximum Gasteiger partial charge on any atom is 0.0832 e. The molecule has 5 nitrogen and oxygen atoms in total. The minimum Gasteiger partial charge on any atom is -0.355 e. The number of rotatable bonds is 5. The summed E-state index contributed by atoms with van der Waals surface area (Å²) < 4.78 is 1.19. The number of aromatic nitrogens is 3. The quantitative estimate of drug-likeness (QED) is 0.325. The molecule has 1 aliphatic heterocycles. The average molecular weight is 452 g/mol. The monoisotopic (exact) mass is 451 g/mol. The van der Waals surface area contributed by atoms with Crippen LogP contribution in [0.4, 0.5) is 11.4 Å². The van der Waals surface area contributed by atoms with E-state index in [0.29, 0.717) is 0 Å². The molecule has 0 spiro atoms. The molecular formula is C27H25N5S. The first-order chi connectivity index (χ1) is 16.3. The van der Waals surface area contributed by atoms with E-state index in [9.17, 15) is 0 Å². The molecule has 0 atom stereocenters. The average Bonchev–Trinajstić information content (AvgIpc) is 3.33. The predicted molar refractivity (Wildman–Crippen MR) is 137 cm³/mol. The highest BCUT2D eigenvalue weighted by molar-refractivity contribution is 7.16. The first-order valence-electron chi connectivity index (χ1n) is 11.5. The van der Waals surface area contributed by atoms with Crippen molar-refractivity contribution in [2.24, 2.45) is 0 Å². The molecule has 0 radical (unpaired) electrons. The Kier molecular flexibility index (Phi) is 5.46. The second kappa shape index (κ2) is 8.89. The van der Waals surface area contributed by atoms with Gasteiger partial charge in [0.25, 0.3) is 0 Å². The van der Waals surface area contributed by atoms with Crippen molar-refractivity contribution in [1.82, 2.24) is 19.9 Å². The van der Waals surface area contributed by atoms with E-state index in [0.717, 1.165) is 51.2 Å².